The number of thiol groups is 1. The summed E-state index contributed by atoms with van der Waals surface area (Å²) in [6.45, 7) is 10.0. The quantitative estimate of drug-likeness (QED) is 0.455. The molecule has 0 bridgehead atoms. The first-order valence-corrected chi connectivity index (χ1v) is 14.7. The summed E-state index contributed by atoms with van der Waals surface area (Å²) in [5.74, 6) is 0.353. The van der Waals surface area contributed by atoms with Crippen molar-refractivity contribution in [2.75, 3.05) is 19.8 Å². The Morgan fingerprint density at radius 2 is 1.81 bits per heavy atom. The molecule has 1 aromatic heterocycles. The topological polar surface area (TPSA) is 97.6 Å². The number of amides is 1. The van der Waals surface area contributed by atoms with Crippen LogP contribution in [0.25, 0.3) is 11.3 Å². The molecule has 0 radical (unpaired) electrons. The number of ether oxygens (including phenoxy) is 1. The van der Waals surface area contributed by atoms with Crippen LogP contribution in [0.5, 0.6) is 0 Å². The number of benzene rings is 1. The van der Waals surface area contributed by atoms with Crippen molar-refractivity contribution in [3.8, 4) is 11.3 Å². The molecule has 2 fully saturated rings. The minimum absolute atomic E-state index is 0.192. The fourth-order valence-corrected chi connectivity index (χ4v) is 6.49. The first-order chi connectivity index (χ1) is 17.5. The Hall–Kier alpha value is -2.16. The van der Waals surface area contributed by atoms with E-state index in [4.69, 9.17) is 4.74 Å². The third-order valence-electron chi connectivity index (χ3n) is 8.08. The molecule has 2 heterocycles. The summed E-state index contributed by atoms with van der Waals surface area (Å²) in [6, 6.07) is 7.45. The van der Waals surface area contributed by atoms with E-state index in [0.717, 1.165) is 29.1 Å². The van der Waals surface area contributed by atoms with Gasteiger partial charge in [-0.05, 0) is 60.4 Å². The monoisotopic (exact) mass is 530 g/mol. The molecule has 8 heteroatoms. The zero-order valence-electron chi connectivity index (χ0n) is 22.6. The molecular formula is C29H42N2O5S. The summed E-state index contributed by atoms with van der Waals surface area (Å²) in [5.41, 5.74) is 2.81. The highest BCUT2D eigenvalue weighted by Gasteiger charge is 2.31. The second-order valence-electron chi connectivity index (χ2n) is 11.9. The number of rotatable bonds is 7. The van der Waals surface area contributed by atoms with E-state index >= 15 is 0 Å². The van der Waals surface area contributed by atoms with Gasteiger partial charge in [0.2, 0.25) is 0 Å². The lowest BCUT2D eigenvalue weighted by Gasteiger charge is -2.32. The molecule has 204 valence electrons. The Labute approximate surface area is 222 Å². The minimum Gasteiger partial charge on any atom is -0.388 e. The van der Waals surface area contributed by atoms with E-state index in [1.807, 2.05) is 45.9 Å². The van der Waals surface area contributed by atoms with Gasteiger partial charge in [0, 0.05) is 50.5 Å². The van der Waals surface area contributed by atoms with Crippen LogP contribution in [0.4, 0.5) is 0 Å². The predicted molar refractivity (Wildman–Crippen MR) is 146 cm³/mol. The highest BCUT2D eigenvalue weighted by molar-refractivity contribution is 7.72. The van der Waals surface area contributed by atoms with Gasteiger partial charge in [0.25, 0.3) is 5.91 Å². The Kier molecular flexibility index (Phi) is 8.51. The number of aliphatic hydroxyl groups is 1. The SMILES string of the molecule is Cc1c(C(=O)NCC2(O)CCOCC2)cc(-c2ccc([SH](=O)=O)c(C(C)(C)C)c2)n1CC1CCCCC1. The average molecular weight is 531 g/mol. The number of hydrogen-bond acceptors (Lipinski definition) is 5. The summed E-state index contributed by atoms with van der Waals surface area (Å²) < 4.78 is 31.5. The smallest absolute Gasteiger partial charge is 0.253 e. The maximum absolute atomic E-state index is 13.4. The van der Waals surface area contributed by atoms with Gasteiger partial charge >= 0.3 is 0 Å². The van der Waals surface area contributed by atoms with Crippen LogP contribution in [0.3, 0.4) is 0 Å². The van der Waals surface area contributed by atoms with E-state index in [1.165, 1.54) is 32.1 Å². The number of carbonyl (C=O) groups is 1. The Morgan fingerprint density at radius 3 is 2.43 bits per heavy atom. The normalized spacial score (nSPS) is 18.8. The summed E-state index contributed by atoms with van der Waals surface area (Å²) in [4.78, 5) is 13.7. The van der Waals surface area contributed by atoms with Gasteiger partial charge < -0.3 is 19.7 Å². The lowest BCUT2D eigenvalue weighted by atomic mass is 9.85. The van der Waals surface area contributed by atoms with Crippen LogP contribution in [-0.2, 0) is 27.4 Å². The summed E-state index contributed by atoms with van der Waals surface area (Å²) in [7, 11) is -2.71. The molecule has 1 aliphatic carbocycles. The molecule has 7 nitrogen and oxygen atoms in total. The van der Waals surface area contributed by atoms with Gasteiger partial charge in [0.1, 0.15) is 0 Å². The van der Waals surface area contributed by atoms with E-state index in [-0.39, 0.29) is 17.9 Å². The number of nitrogens with one attached hydrogen (secondary N) is 1. The van der Waals surface area contributed by atoms with Gasteiger partial charge in [-0.25, -0.2) is 8.42 Å². The molecule has 0 atom stereocenters. The van der Waals surface area contributed by atoms with Crippen molar-refractivity contribution in [1.29, 1.82) is 0 Å². The molecule has 1 amide bonds. The van der Waals surface area contributed by atoms with Crippen molar-refractivity contribution in [1.82, 2.24) is 9.88 Å². The number of aromatic nitrogens is 1. The standard InChI is InChI=1S/C29H42N2O5S/c1-20-23(27(32)30-19-29(33)12-14-36-15-13-29)17-25(31(20)18-21-8-6-5-7-9-21)22-10-11-26(37(34)35)24(16-22)28(2,3)4/h10-11,16-17,21,33,37H,5-9,12-15,18-19H2,1-4H3,(H,30,32). The molecule has 2 N–H and O–H groups in total. The molecule has 1 aliphatic heterocycles. The van der Waals surface area contributed by atoms with Gasteiger partial charge in [-0.1, -0.05) is 46.1 Å². The Balaban J connectivity index is 1.71. The van der Waals surface area contributed by atoms with Gasteiger partial charge in [-0.15, -0.1) is 0 Å². The average Bonchev–Trinajstić information content (AvgIpc) is 3.18. The van der Waals surface area contributed by atoms with E-state index in [2.05, 4.69) is 9.88 Å². The maximum atomic E-state index is 13.4. The number of nitrogens with zero attached hydrogens (tertiary/aromatic N) is 1. The molecule has 0 unspecified atom stereocenters. The molecule has 1 saturated heterocycles. The number of carbonyl (C=O) groups excluding carboxylic acids is 1. The van der Waals surface area contributed by atoms with Crippen LogP contribution in [0.2, 0.25) is 0 Å². The van der Waals surface area contributed by atoms with Crippen molar-refractivity contribution in [2.24, 2.45) is 5.92 Å². The molecular weight excluding hydrogens is 488 g/mol. The van der Waals surface area contributed by atoms with Gasteiger partial charge in [0.05, 0.1) is 16.1 Å². The second kappa shape index (κ2) is 11.3. The maximum Gasteiger partial charge on any atom is 0.253 e. The van der Waals surface area contributed by atoms with E-state index in [1.54, 1.807) is 6.07 Å². The third-order valence-corrected chi connectivity index (χ3v) is 8.86. The van der Waals surface area contributed by atoms with Crippen LogP contribution >= 0.6 is 0 Å². The Bertz CT molecular complexity index is 1190. The summed E-state index contributed by atoms with van der Waals surface area (Å²) in [5, 5.41) is 13.8. The van der Waals surface area contributed by atoms with E-state index in [0.29, 0.717) is 42.4 Å². The molecule has 2 aromatic rings. The molecule has 0 spiro atoms. The highest BCUT2D eigenvalue weighted by Crippen LogP contribution is 2.35. The summed E-state index contributed by atoms with van der Waals surface area (Å²) >= 11 is 0. The largest absolute Gasteiger partial charge is 0.388 e. The van der Waals surface area contributed by atoms with Crippen molar-refractivity contribution in [3.63, 3.8) is 0 Å². The minimum atomic E-state index is -2.71. The van der Waals surface area contributed by atoms with Crippen molar-refractivity contribution >= 4 is 16.6 Å². The van der Waals surface area contributed by atoms with Crippen molar-refractivity contribution in [2.45, 2.75) is 95.1 Å². The van der Waals surface area contributed by atoms with Crippen molar-refractivity contribution < 1.29 is 23.1 Å². The molecule has 2 aliphatic rings. The van der Waals surface area contributed by atoms with Crippen LogP contribution in [-0.4, -0.2) is 49.4 Å². The lowest BCUT2D eigenvalue weighted by Crippen LogP contribution is -2.46. The number of hydrogen-bond donors (Lipinski definition) is 3. The van der Waals surface area contributed by atoms with Gasteiger partial charge in [-0.2, -0.15) is 0 Å². The van der Waals surface area contributed by atoms with E-state index < -0.39 is 16.3 Å². The first kappa shape index (κ1) is 27.9. The zero-order chi connectivity index (χ0) is 26.8. The van der Waals surface area contributed by atoms with Crippen LogP contribution < -0.4 is 5.32 Å². The molecule has 1 aromatic carbocycles. The third kappa shape index (κ3) is 6.47. The highest BCUT2D eigenvalue weighted by atomic mass is 32.2. The predicted octanol–water partition coefficient (Wildman–Crippen LogP) is 4.58. The summed E-state index contributed by atoms with van der Waals surface area (Å²) in [6.07, 6.45) is 7.10. The zero-order valence-corrected chi connectivity index (χ0v) is 23.5. The molecule has 4 rings (SSSR count). The van der Waals surface area contributed by atoms with Crippen molar-refractivity contribution in [3.05, 3.63) is 41.1 Å². The van der Waals surface area contributed by atoms with E-state index in [9.17, 15) is 18.3 Å². The van der Waals surface area contributed by atoms with Gasteiger partial charge in [-0.3, -0.25) is 4.79 Å². The lowest BCUT2D eigenvalue weighted by molar-refractivity contribution is -0.0605. The second-order valence-corrected chi connectivity index (χ2v) is 12.9. The molecule has 37 heavy (non-hydrogen) atoms. The van der Waals surface area contributed by atoms with Crippen LogP contribution in [0, 0.1) is 12.8 Å². The Morgan fingerprint density at radius 1 is 1.14 bits per heavy atom. The first-order valence-electron chi connectivity index (χ1n) is 13.6. The van der Waals surface area contributed by atoms with Gasteiger partial charge in [0.15, 0.2) is 10.7 Å². The molecule has 1 saturated carbocycles. The van der Waals surface area contributed by atoms with Crippen LogP contribution in [0.1, 0.15) is 87.3 Å². The fourth-order valence-electron chi connectivity index (χ4n) is 5.70. The fraction of sp³-hybridized carbons (Fsp3) is 0.621. The van der Waals surface area contributed by atoms with Crippen LogP contribution in [0.15, 0.2) is 29.2 Å².